The summed E-state index contributed by atoms with van der Waals surface area (Å²) in [6.07, 6.45) is 6.66. The third-order valence-electron chi connectivity index (χ3n) is 5.60. The molecule has 2 heterocycles. The number of rotatable bonds is 5. The molecule has 3 aromatic carbocycles. The Balaban J connectivity index is 1.54. The number of anilines is 1. The van der Waals surface area contributed by atoms with Crippen molar-refractivity contribution in [2.45, 2.75) is 11.4 Å². The molecule has 0 amide bonds. The van der Waals surface area contributed by atoms with Crippen LogP contribution in [-0.2, 0) is 23.4 Å². The molecule has 5 aromatic rings. The summed E-state index contributed by atoms with van der Waals surface area (Å²) >= 11 is 0. The normalized spacial score (nSPS) is 11.8. The summed E-state index contributed by atoms with van der Waals surface area (Å²) in [6, 6.07) is 19.5. The molecule has 0 radical (unpaired) electrons. The number of nitrogens with zero attached hydrogens (tertiary/aromatic N) is 3. The average Bonchev–Trinajstić information content (AvgIpc) is 3.17. The summed E-state index contributed by atoms with van der Waals surface area (Å²) in [4.78, 5) is 9.41. The molecule has 0 spiro atoms. The molecule has 0 aliphatic heterocycles. The van der Waals surface area contributed by atoms with Crippen molar-refractivity contribution in [1.29, 1.82) is 0 Å². The van der Waals surface area contributed by atoms with Gasteiger partial charge in [0, 0.05) is 55.2 Å². The number of hydrogen-bond donors (Lipinski definition) is 1. The topological polar surface area (TPSA) is 76.9 Å². The lowest BCUT2D eigenvalue weighted by molar-refractivity contribution is 0.601. The Labute approximate surface area is 186 Å². The zero-order chi connectivity index (χ0) is 22.3. The maximum Gasteiger partial charge on any atom is 0.175 e. The van der Waals surface area contributed by atoms with Gasteiger partial charge < -0.3 is 9.88 Å². The van der Waals surface area contributed by atoms with Crippen LogP contribution in [0.4, 0.5) is 5.69 Å². The van der Waals surface area contributed by atoms with Crippen LogP contribution >= 0.6 is 0 Å². The second-order valence-corrected chi connectivity index (χ2v) is 9.94. The number of hydrogen-bond acceptors (Lipinski definition) is 5. The molecule has 0 bridgehead atoms. The summed E-state index contributed by atoms with van der Waals surface area (Å²) < 4.78 is 25.8. The van der Waals surface area contributed by atoms with E-state index < -0.39 is 9.84 Å². The predicted molar refractivity (Wildman–Crippen MR) is 128 cm³/mol. The van der Waals surface area contributed by atoms with Crippen molar-refractivity contribution >= 4 is 37.5 Å². The Morgan fingerprint density at radius 1 is 0.969 bits per heavy atom. The van der Waals surface area contributed by atoms with Crippen LogP contribution in [-0.4, -0.2) is 29.2 Å². The maximum atomic E-state index is 11.9. The molecule has 0 aliphatic carbocycles. The first-order valence-electron chi connectivity index (χ1n) is 10.2. The van der Waals surface area contributed by atoms with Gasteiger partial charge in [0.05, 0.1) is 15.9 Å². The SMILES string of the molecule is Cn1ccc2ccc(-c3cc(NCc4cccc(S(C)(=O)=O)c4)cc4nccnc34)cc21. The summed E-state index contributed by atoms with van der Waals surface area (Å²) in [5, 5.41) is 4.60. The van der Waals surface area contributed by atoms with Gasteiger partial charge in [-0.3, -0.25) is 9.97 Å². The number of nitrogens with one attached hydrogen (secondary N) is 1. The van der Waals surface area contributed by atoms with E-state index in [0.717, 1.165) is 38.9 Å². The van der Waals surface area contributed by atoms with Crippen molar-refractivity contribution in [3.05, 3.63) is 84.8 Å². The van der Waals surface area contributed by atoms with Crippen LogP contribution in [0.2, 0.25) is 0 Å². The summed E-state index contributed by atoms with van der Waals surface area (Å²) in [5.74, 6) is 0. The molecule has 0 unspecified atom stereocenters. The lowest BCUT2D eigenvalue weighted by atomic mass is 10.0. The number of sulfone groups is 1. The highest BCUT2D eigenvalue weighted by molar-refractivity contribution is 7.90. The highest BCUT2D eigenvalue weighted by atomic mass is 32.2. The van der Waals surface area contributed by atoms with Crippen LogP contribution in [0.5, 0.6) is 0 Å². The second-order valence-electron chi connectivity index (χ2n) is 7.92. The maximum absolute atomic E-state index is 11.9. The minimum absolute atomic E-state index is 0.317. The van der Waals surface area contributed by atoms with Crippen LogP contribution in [0.1, 0.15) is 5.56 Å². The van der Waals surface area contributed by atoms with Crippen LogP contribution in [0.25, 0.3) is 33.1 Å². The second kappa shape index (κ2) is 7.76. The van der Waals surface area contributed by atoms with E-state index >= 15 is 0 Å². The quantitative estimate of drug-likeness (QED) is 0.423. The summed E-state index contributed by atoms with van der Waals surface area (Å²) in [7, 11) is -1.21. The van der Waals surface area contributed by atoms with E-state index in [1.54, 1.807) is 30.6 Å². The van der Waals surface area contributed by atoms with Gasteiger partial charge in [-0.05, 0) is 52.9 Å². The van der Waals surface area contributed by atoms with Crippen molar-refractivity contribution in [2.75, 3.05) is 11.6 Å². The number of benzene rings is 3. The first-order valence-corrected chi connectivity index (χ1v) is 12.1. The molecule has 6 nitrogen and oxygen atoms in total. The number of fused-ring (bicyclic) bond motifs is 2. The largest absolute Gasteiger partial charge is 0.381 e. The first-order chi connectivity index (χ1) is 15.4. The molecular formula is C25H22N4O2S. The fourth-order valence-corrected chi connectivity index (χ4v) is 4.61. The first kappa shape index (κ1) is 20.2. The zero-order valence-corrected chi connectivity index (χ0v) is 18.6. The average molecular weight is 443 g/mol. The zero-order valence-electron chi connectivity index (χ0n) is 17.8. The lowest BCUT2D eigenvalue weighted by Crippen LogP contribution is -2.03. The van der Waals surface area contributed by atoms with E-state index in [1.165, 1.54) is 11.6 Å². The van der Waals surface area contributed by atoms with Crippen LogP contribution < -0.4 is 5.32 Å². The molecule has 0 saturated carbocycles. The third-order valence-corrected chi connectivity index (χ3v) is 6.71. The minimum Gasteiger partial charge on any atom is -0.381 e. The number of aromatic nitrogens is 3. The molecule has 5 rings (SSSR count). The molecular weight excluding hydrogens is 420 g/mol. The van der Waals surface area contributed by atoms with Crippen molar-refractivity contribution in [3.8, 4) is 11.1 Å². The minimum atomic E-state index is -3.24. The van der Waals surface area contributed by atoms with Gasteiger partial charge in [-0.25, -0.2) is 8.42 Å². The van der Waals surface area contributed by atoms with Gasteiger partial charge in [0.2, 0.25) is 0 Å². The van der Waals surface area contributed by atoms with Crippen molar-refractivity contribution < 1.29 is 8.42 Å². The molecule has 0 fully saturated rings. The van der Waals surface area contributed by atoms with Gasteiger partial charge in [0.15, 0.2) is 9.84 Å². The van der Waals surface area contributed by atoms with Crippen LogP contribution in [0, 0.1) is 0 Å². The van der Waals surface area contributed by atoms with E-state index in [-0.39, 0.29) is 0 Å². The van der Waals surface area contributed by atoms with Gasteiger partial charge >= 0.3 is 0 Å². The molecule has 0 saturated heterocycles. The van der Waals surface area contributed by atoms with Crippen molar-refractivity contribution in [2.24, 2.45) is 7.05 Å². The van der Waals surface area contributed by atoms with Gasteiger partial charge in [0.25, 0.3) is 0 Å². The monoisotopic (exact) mass is 442 g/mol. The van der Waals surface area contributed by atoms with Crippen molar-refractivity contribution in [3.63, 3.8) is 0 Å². The smallest absolute Gasteiger partial charge is 0.175 e. The fourth-order valence-electron chi connectivity index (χ4n) is 3.92. The van der Waals surface area contributed by atoms with Crippen LogP contribution in [0.15, 0.2) is 84.1 Å². The van der Waals surface area contributed by atoms with E-state index in [4.69, 9.17) is 0 Å². The Bertz CT molecular complexity index is 1570. The summed E-state index contributed by atoms with van der Waals surface area (Å²) in [6.45, 7) is 0.491. The lowest BCUT2D eigenvalue weighted by Gasteiger charge is -2.12. The summed E-state index contributed by atoms with van der Waals surface area (Å²) in [5.41, 5.74) is 6.62. The molecule has 0 atom stereocenters. The standard InChI is InChI=1S/C25H22N4O2S/c1-29-11-8-18-6-7-19(13-24(18)29)22-14-20(15-23-25(22)27-10-9-26-23)28-16-17-4-3-5-21(12-17)32(2,30)31/h3-15,28H,16H2,1-2H3. The Kier molecular flexibility index (Phi) is 4.90. The fraction of sp³-hybridized carbons (Fsp3) is 0.120. The number of aryl methyl sites for hydroxylation is 1. The predicted octanol–water partition coefficient (Wildman–Crippen LogP) is 4.80. The Hall–Kier alpha value is -3.71. The Morgan fingerprint density at radius 3 is 2.66 bits per heavy atom. The molecule has 7 heteroatoms. The molecule has 32 heavy (non-hydrogen) atoms. The van der Waals surface area contributed by atoms with E-state index in [0.29, 0.717) is 11.4 Å². The Morgan fingerprint density at radius 2 is 1.81 bits per heavy atom. The van der Waals surface area contributed by atoms with E-state index in [1.807, 2.05) is 19.2 Å². The van der Waals surface area contributed by atoms with Crippen LogP contribution in [0.3, 0.4) is 0 Å². The van der Waals surface area contributed by atoms with E-state index in [2.05, 4.69) is 56.4 Å². The molecule has 160 valence electrons. The van der Waals surface area contributed by atoms with E-state index in [9.17, 15) is 8.42 Å². The van der Waals surface area contributed by atoms with Gasteiger partial charge in [-0.2, -0.15) is 0 Å². The molecule has 1 N–H and O–H groups in total. The third kappa shape index (κ3) is 3.83. The van der Waals surface area contributed by atoms with Gasteiger partial charge in [-0.15, -0.1) is 0 Å². The highest BCUT2D eigenvalue weighted by Crippen LogP contribution is 2.32. The highest BCUT2D eigenvalue weighted by Gasteiger charge is 2.11. The van der Waals surface area contributed by atoms with Gasteiger partial charge in [0.1, 0.15) is 0 Å². The molecule has 2 aromatic heterocycles. The molecule has 0 aliphatic rings. The van der Waals surface area contributed by atoms with Gasteiger partial charge in [-0.1, -0.05) is 24.3 Å². The van der Waals surface area contributed by atoms with Crippen molar-refractivity contribution in [1.82, 2.24) is 14.5 Å².